The van der Waals surface area contributed by atoms with Gasteiger partial charge in [0, 0.05) is 13.1 Å². The SMILES string of the molecule is CCNC(=O)CN(CC)C(=O)Cc1ccc(CC(C)C)cc1. The molecule has 0 aliphatic carbocycles. The lowest BCUT2D eigenvalue weighted by Crippen LogP contribution is -2.41. The third-order valence-corrected chi connectivity index (χ3v) is 3.47. The number of amides is 2. The fourth-order valence-electron chi connectivity index (χ4n) is 2.35. The number of likely N-dealkylation sites (N-methyl/N-ethyl adjacent to an activating group) is 2. The number of benzene rings is 1. The number of rotatable bonds is 8. The molecular formula is C18H28N2O2. The van der Waals surface area contributed by atoms with Crippen LogP contribution in [0.15, 0.2) is 24.3 Å². The van der Waals surface area contributed by atoms with Gasteiger partial charge in [-0.1, -0.05) is 38.1 Å². The van der Waals surface area contributed by atoms with Crippen molar-refractivity contribution in [2.24, 2.45) is 5.92 Å². The summed E-state index contributed by atoms with van der Waals surface area (Å²) in [7, 11) is 0. The van der Waals surface area contributed by atoms with Gasteiger partial charge in [0.25, 0.3) is 0 Å². The van der Waals surface area contributed by atoms with Gasteiger partial charge in [0.2, 0.25) is 11.8 Å². The highest BCUT2D eigenvalue weighted by Gasteiger charge is 2.15. The summed E-state index contributed by atoms with van der Waals surface area (Å²) in [6.45, 7) is 9.41. The molecule has 1 aromatic carbocycles. The molecule has 4 nitrogen and oxygen atoms in total. The van der Waals surface area contributed by atoms with Gasteiger partial charge in [0.05, 0.1) is 13.0 Å². The number of nitrogens with zero attached hydrogens (tertiary/aromatic N) is 1. The van der Waals surface area contributed by atoms with Crippen LogP contribution in [-0.4, -0.2) is 36.3 Å². The van der Waals surface area contributed by atoms with E-state index in [-0.39, 0.29) is 18.4 Å². The number of hydrogen-bond acceptors (Lipinski definition) is 2. The molecule has 1 aromatic rings. The summed E-state index contributed by atoms with van der Waals surface area (Å²) in [6, 6.07) is 8.19. The molecule has 0 spiro atoms. The van der Waals surface area contributed by atoms with E-state index >= 15 is 0 Å². The third kappa shape index (κ3) is 6.29. The Morgan fingerprint density at radius 2 is 1.68 bits per heavy atom. The van der Waals surface area contributed by atoms with Crippen LogP contribution in [0.4, 0.5) is 0 Å². The second-order valence-electron chi connectivity index (χ2n) is 5.95. The number of carbonyl (C=O) groups excluding carboxylic acids is 2. The average Bonchev–Trinajstić information content (AvgIpc) is 2.46. The molecule has 0 radical (unpaired) electrons. The van der Waals surface area contributed by atoms with Gasteiger partial charge in [-0.15, -0.1) is 0 Å². The van der Waals surface area contributed by atoms with Gasteiger partial charge in [0.15, 0.2) is 0 Å². The van der Waals surface area contributed by atoms with E-state index in [1.807, 2.05) is 26.0 Å². The monoisotopic (exact) mass is 304 g/mol. The van der Waals surface area contributed by atoms with Crippen molar-refractivity contribution >= 4 is 11.8 Å². The van der Waals surface area contributed by atoms with E-state index in [1.54, 1.807) is 4.90 Å². The lowest BCUT2D eigenvalue weighted by Gasteiger charge is -2.20. The molecule has 0 aliphatic heterocycles. The van der Waals surface area contributed by atoms with Crippen molar-refractivity contribution in [3.05, 3.63) is 35.4 Å². The summed E-state index contributed by atoms with van der Waals surface area (Å²) in [5, 5.41) is 2.72. The van der Waals surface area contributed by atoms with Crippen molar-refractivity contribution in [3.8, 4) is 0 Å². The van der Waals surface area contributed by atoms with Crippen LogP contribution in [0.5, 0.6) is 0 Å². The Balaban J connectivity index is 2.60. The van der Waals surface area contributed by atoms with Gasteiger partial charge in [-0.3, -0.25) is 9.59 Å². The first-order valence-electron chi connectivity index (χ1n) is 8.08. The Bertz CT molecular complexity index is 480. The first kappa shape index (κ1) is 18.2. The highest BCUT2D eigenvalue weighted by Crippen LogP contribution is 2.11. The predicted octanol–water partition coefficient (Wildman–Crippen LogP) is 2.41. The minimum atomic E-state index is -0.106. The van der Waals surface area contributed by atoms with Crippen LogP contribution in [0.3, 0.4) is 0 Å². The van der Waals surface area contributed by atoms with Gasteiger partial charge in [-0.2, -0.15) is 0 Å². The largest absolute Gasteiger partial charge is 0.355 e. The van der Waals surface area contributed by atoms with E-state index in [4.69, 9.17) is 0 Å². The molecule has 1 N–H and O–H groups in total. The predicted molar refractivity (Wildman–Crippen MR) is 89.6 cm³/mol. The molecule has 0 saturated carbocycles. The normalized spacial score (nSPS) is 10.6. The summed E-state index contributed by atoms with van der Waals surface area (Å²) >= 11 is 0. The van der Waals surface area contributed by atoms with Gasteiger partial charge < -0.3 is 10.2 Å². The van der Waals surface area contributed by atoms with Crippen LogP contribution in [0.2, 0.25) is 0 Å². The third-order valence-electron chi connectivity index (χ3n) is 3.47. The summed E-state index contributed by atoms with van der Waals surface area (Å²) in [5.74, 6) is 0.510. The van der Waals surface area contributed by atoms with Crippen molar-refractivity contribution < 1.29 is 9.59 Å². The summed E-state index contributed by atoms with van der Waals surface area (Å²) in [6.07, 6.45) is 1.39. The highest BCUT2D eigenvalue weighted by molar-refractivity contribution is 5.85. The Kier molecular flexibility index (Phi) is 7.64. The molecule has 0 fully saturated rings. The molecule has 122 valence electrons. The maximum atomic E-state index is 12.3. The van der Waals surface area contributed by atoms with E-state index in [0.29, 0.717) is 25.4 Å². The fraction of sp³-hybridized carbons (Fsp3) is 0.556. The molecule has 0 atom stereocenters. The first-order valence-corrected chi connectivity index (χ1v) is 8.08. The fourth-order valence-corrected chi connectivity index (χ4v) is 2.35. The van der Waals surface area contributed by atoms with Crippen molar-refractivity contribution in [2.45, 2.75) is 40.5 Å². The maximum absolute atomic E-state index is 12.3. The van der Waals surface area contributed by atoms with Crippen LogP contribution in [-0.2, 0) is 22.4 Å². The maximum Gasteiger partial charge on any atom is 0.239 e. The van der Waals surface area contributed by atoms with Crippen LogP contribution in [0, 0.1) is 5.92 Å². The zero-order valence-electron chi connectivity index (χ0n) is 14.2. The lowest BCUT2D eigenvalue weighted by molar-refractivity contribution is -0.135. The van der Waals surface area contributed by atoms with Gasteiger partial charge in [0.1, 0.15) is 0 Å². The summed E-state index contributed by atoms with van der Waals surface area (Å²) in [4.78, 5) is 25.5. The number of hydrogen-bond donors (Lipinski definition) is 1. The smallest absolute Gasteiger partial charge is 0.239 e. The molecule has 0 heterocycles. The first-order chi connectivity index (χ1) is 10.5. The van der Waals surface area contributed by atoms with E-state index in [1.165, 1.54) is 5.56 Å². The summed E-state index contributed by atoms with van der Waals surface area (Å²) in [5.41, 5.74) is 2.28. The Morgan fingerprint density at radius 3 is 2.18 bits per heavy atom. The molecule has 1 rings (SSSR count). The number of carbonyl (C=O) groups is 2. The number of nitrogens with one attached hydrogen (secondary N) is 1. The zero-order chi connectivity index (χ0) is 16.5. The molecule has 0 aliphatic rings. The van der Waals surface area contributed by atoms with E-state index in [0.717, 1.165) is 12.0 Å². The molecule has 4 heteroatoms. The second-order valence-corrected chi connectivity index (χ2v) is 5.95. The van der Waals surface area contributed by atoms with Crippen LogP contribution >= 0.6 is 0 Å². The Labute approximate surface area is 133 Å². The molecule has 22 heavy (non-hydrogen) atoms. The Hall–Kier alpha value is -1.84. The Morgan fingerprint density at radius 1 is 1.09 bits per heavy atom. The lowest BCUT2D eigenvalue weighted by atomic mass is 10.0. The molecule has 0 unspecified atom stereocenters. The van der Waals surface area contributed by atoms with Gasteiger partial charge in [-0.25, -0.2) is 0 Å². The summed E-state index contributed by atoms with van der Waals surface area (Å²) < 4.78 is 0. The molecule has 0 saturated heterocycles. The van der Waals surface area contributed by atoms with Gasteiger partial charge >= 0.3 is 0 Å². The van der Waals surface area contributed by atoms with E-state index < -0.39 is 0 Å². The molecule has 0 bridgehead atoms. The van der Waals surface area contributed by atoms with Crippen molar-refractivity contribution in [1.29, 1.82) is 0 Å². The van der Waals surface area contributed by atoms with Gasteiger partial charge in [-0.05, 0) is 37.3 Å². The van der Waals surface area contributed by atoms with Crippen molar-refractivity contribution in [2.75, 3.05) is 19.6 Å². The topological polar surface area (TPSA) is 49.4 Å². The van der Waals surface area contributed by atoms with Crippen LogP contribution in [0.25, 0.3) is 0 Å². The molecule has 0 aromatic heterocycles. The van der Waals surface area contributed by atoms with Crippen molar-refractivity contribution in [3.63, 3.8) is 0 Å². The minimum Gasteiger partial charge on any atom is -0.355 e. The standard InChI is InChI=1S/C18H28N2O2/c1-5-19-17(21)13-20(6-2)18(22)12-16-9-7-15(8-10-16)11-14(3)4/h7-10,14H,5-6,11-13H2,1-4H3,(H,19,21). The second kappa shape index (κ2) is 9.23. The highest BCUT2D eigenvalue weighted by atomic mass is 16.2. The average molecular weight is 304 g/mol. The molecule has 2 amide bonds. The van der Waals surface area contributed by atoms with E-state index in [9.17, 15) is 9.59 Å². The van der Waals surface area contributed by atoms with Crippen LogP contribution in [0.1, 0.15) is 38.8 Å². The minimum absolute atomic E-state index is 0.00892. The van der Waals surface area contributed by atoms with E-state index in [2.05, 4.69) is 31.3 Å². The quantitative estimate of drug-likeness (QED) is 0.802. The van der Waals surface area contributed by atoms with Crippen molar-refractivity contribution in [1.82, 2.24) is 10.2 Å². The van der Waals surface area contributed by atoms with Crippen LogP contribution < -0.4 is 5.32 Å². The molecular weight excluding hydrogens is 276 g/mol. The zero-order valence-corrected chi connectivity index (χ0v) is 14.2.